The third-order valence-electron chi connectivity index (χ3n) is 4.68. The van der Waals surface area contributed by atoms with Crippen molar-refractivity contribution in [3.63, 3.8) is 0 Å². The molecule has 0 amide bonds. The first-order valence-electron chi connectivity index (χ1n) is 7.45. The Bertz CT molecular complexity index is 580. The van der Waals surface area contributed by atoms with Crippen LogP contribution in [-0.4, -0.2) is 39.0 Å². The molecule has 5 nitrogen and oxygen atoms in total. The molecule has 2 saturated heterocycles. The minimum atomic E-state index is 0.175. The number of nitrogens with one attached hydrogen (secondary N) is 1. The van der Waals surface area contributed by atoms with Gasteiger partial charge in [0.2, 0.25) is 5.28 Å². The molecular weight excluding hydrogens is 286 g/mol. The summed E-state index contributed by atoms with van der Waals surface area (Å²) in [6.07, 6.45) is 6.15. The maximum absolute atomic E-state index is 9.17. The van der Waals surface area contributed by atoms with E-state index in [1.807, 2.05) is 0 Å². The first kappa shape index (κ1) is 14.6. The largest absolute Gasteiger partial charge is 0.366 e. The van der Waals surface area contributed by atoms with Crippen molar-refractivity contribution in [2.45, 2.75) is 57.2 Å². The molecule has 2 atom stereocenters. The molecular formula is C15H20ClN5. The fourth-order valence-corrected chi connectivity index (χ4v) is 4.00. The predicted molar refractivity (Wildman–Crippen MR) is 82.2 cm³/mol. The van der Waals surface area contributed by atoms with E-state index in [2.05, 4.69) is 40.1 Å². The number of fused-ring (bicyclic) bond motifs is 1. The summed E-state index contributed by atoms with van der Waals surface area (Å²) in [6.45, 7) is 5.81. The number of nitrogens with zero attached hydrogens (tertiary/aromatic N) is 4. The van der Waals surface area contributed by atoms with Crippen molar-refractivity contribution < 1.29 is 0 Å². The van der Waals surface area contributed by atoms with E-state index in [1.165, 1.54) is 25.6 Å². The van der Waals surface area contributed by atoms with Gasteiger partial charge >= 0.3 is 0 Å². The Morgan fingerprint density at radius 2 is 2.33 bits per heavy atom. The van der Waals surface area contributed by atoms with Gasteiger partial charge in [0.25, 0.3) is 0 Å². The van der Waals surface area contributed by atoms with Crippen molar-refractivity contribution in [2.24, 2.45) is 0 Å². The van der Waals surface area contributed by atoms with Gasteiger partial charge in [-0.1, -0.05) is 0 Å². The van der Waals surface area contributed by atoms with Crippen molar-refractivity contribution in [1.29, 1.82) is 5.26 Å². The van der Waals surface area contributed by atoms with Crippen LogP contribution in [0, 0.1) is 11.3 Å². The first-order valence-corrected chi connectivity index (χ1v) is 7.83. The lowest BCUT2D eigenvalue weighted by atomic mass is 9.84. The molecule has 21 heavy (non-hydrogen) atoms. The van der Waals surface area contributed by atoms with Gasteiger partial charge in [0.05, 0.1) is 6.20 Å². The molecule has 112 valence electrons. The number of aromatic nitrogens is 2. The number of hydrogen-bond donors (Lipinski definition) is 1. The topological polar surface area (TPSA) is 64.8 Å². The second kappa shape index (κ2) is 5.43. The second-order valence-electron chi connectivity index (χ2n) is 6.60. The highest BCUT2D eigenvalue weighted by molar-refractivity contribution is 6.28. The fourth-order valence-electron chi connectivity index (χ4n) is 3.87. The summed E-state index contributed by atoms with van der Waals surface area (Å²) in [5.74, 6) is 0.560. The zero-order valence-electron chi connectivity index (χ0n) is 12.4. The van der Waals surface area contributed by atoms with E-state index in [-0.39, 0.29) is 10.8 Å². The standard InChI is InChI=1S/C15H20ClN5/c1-15(2)7-11(6-12-4-3-5-21(12)15)19-13-10(8-17)9-18-14(16)20-13/h9,11-12H,3-7H2,1-2H3,(H,18,19,20)/t11-,12?/m1/s1. The van der Waals surface area contributed by atoms with Crippen LogP contribution in [0.5, 0.6) is 0 Å². The van der Waals surface area contributed by atoms with Gasteiger partial charge < -0.3 is 5.32 Å². The Labute approximate surface area is 130 Å². The van der Waals surface area contributed by atoms with Crippen LogP contribution in [0.1, 0.15) is 45.1 Å². The van der Waals surface area contributed by atoms with E-state index >= 15 is 0 Å². The predicted octanol–water partition coefficient (Wildman–Crippen LogP) is 2.82. The zero-order valence-corrected chi connectivity index (χ0v) is 13.2. The highest BCUT2D eigenvalue weighted by Crippen LogP contribution is 2.38. The van der Waals surface area contributed by atoms with Crippen LogP contribution in [0.15, 0.2) is 6.20 Å². The van der Waals surface area contributed by atoms with Crippen LogP contribution in [0.2, 0.25) is 5.28 Å². The molecule has 3 rings (SSSR count). The van der Waals surface area contributed by atoms with Crippen LogP contribution in [0.25, 0.3) is 0 Å². The molecule has 0 radical (unpaired) electrons. The van der Waals surface area contributed by atoms with Crippen LogP contribution >= 0.6 is 11.6 Å². The monoisotopic (exact) mass is 305 g/mol. The molecule has 6 heteroatoms. The van der Waals surface area contributed by atoms with E-state index in [0.717, 1.165) is 12.8 Å². The number of hydrogen-bond acceptors (Lipinski definition) is 5. The Morgan fingerprint density at radius 3 is 3.10 bits per heavy atom. The van der Waals surface area contributed by atoms with E-state index in [4.69, 9.17) is 11.6 Å². The summed E-state index contributed by atoms with van der Waals surface area (Å²) in [7, 11) is 0. The molecule has 1 N–H and O–H groups in total. The van der Waals surface area contributed by atoms with Gasteiger partial charge in [-0.15, -0.1) is 0 Å². The van der Waals surface area contributed by atoms with Crippen molar-refractivity contribution in [1.82, 2.24) is 14.9 Å². The third kappa shape index (κ3) is 2.83. The maximum atomic E-state index is 9.17. The molecule has 2 aliphatic heterocycles. The van der Waals surface area contributed by atoms with Gasteiger partial charge in [-0.3, -0.25) is 4.90 Å². The lowest BCUT2D eigenvalue weighted by Crippen LogP contribution is -2.55. The van der Waals surface area contributed by atoms with Crippen LogP contribution in [0.4, 0.5) is 5.82 Å². The normalized spacial score (nSPS) is 27.9. The molecule has 0 saturated carbocycles. The summed E-state index contributed by atoms with van der Waals surface area (Å²) < 4.78 is 0. The maximum Gasteiger partial charge on any atom is 0.224 e. The summed E-state index contributed by atoms with van der Waals surface area (Å²) >= 11 is 5.86. The first-order chi connectivity index (χ1) is 9.99. The number of nitriles is 1. The molecule has 2 aliphatic rings. The van der Waals surface area contributed by atoms with Crippen LogP contribution in [0.3, 0.4) is 0 Å². The van der Waals surface area contributed by atoms with Gasteiger partial charge in [0, 0.05) is 17.6 Å². The molecule has 1 aromatic rings. The third-order valence-corrected chi connectivity index (χ3v) is 4.86. The van der Waals surface area contributed by atoms with Gasteiger partial charge in [0.1, 0.15) is 17.5 Å². The van der Waals surface area contributed by atoms with E-state index < -0.39 is 0 Å². The molecule has 0 aromatic carbocycles. The highest BCUT2D eigenvalue weighted by Gasteiger charge is 2.42. The van der Waals surface area contributed by atoms with Gasteiger partial charge in [-0.05, 0) is 57.7 Å². The summed E-state index contributed by atoms with van der Waals surface area (Å²) in [4.78, 5) is 10.7. The number of anilines is 1. The SMILES string of the molecule is CC1(C)C[C@H](Nc2nc(Cl)ncc2C#N)CC2CCCN21. The molecule has 0 spiro atoms. The minimum absolute atomic E-state index is 0.175. The van der Waals surface area contributed by atoms with Crippen LogP contribution < -0.4 is 5.32 Å². The van der Waals surface area contributed by atoms with Crippen molar-refractivity contribution >= 4 is 17.4 Å². The number of halogens is 1. The molecule has 0 aliphatic carbocycles. The van der Waals surface area contributed by atoms with Crippen molar-refractivity contribution in [3.05, 3.63) is 17.0 Å². The molecule has 2 fully saturated rings. The van der Waals surface area contributed by atoms with E-state index in [9.17, 15) is 5.26 Å². The van der Waals surface area contributed by atoms with E-state index in [0.29, 0.717) is 23.5 Å². The lowest BCUT2D eigenvalue weighted by molar-refractivity contribution is 0.0501. The van der Waals surface area contributed by atoms with E-state index in [1.54, 1.807) is 0 Å². The second-order valence-corrected chi connectivity index (χ2v) is 6.93. The average Bonchev–Trinajstić information content (AvgIpc) is 2.87. The molecule has 1 aromatic heterocycles. The lowest BCUT2D eigenvalue weighted by Gasteiger charge is -2.47. The van der Waals surface area contributed by atoms with Crippen molar-refractivity contribution in [2.75, 3.05) is 11.9 Å². The summed E-state index contributed by atoms with van der Waals surface area (Å²) in [6, 6.07) is 3.07. The van der Waals surface area contributed by atoms with Crippen molar-refractivity contribution in [3.8, 4) is 6.07 Å². The molecule has 3 heterocycles. The summed E-state index contributed by atoms with van der Waals surface area (Å²) in [5, 5.41) is 12.8. The number of piperidine rings is 1. The zero-order chi connectivity index (χ0) is 15.0. The summed E-state index contributed by atoms with van der Waals surface area (Å²) in [5.41, 5.74) is 0.631. The van der Waals surface area contributed by atoms with Gasteiger partial charge in [-0.25, -0.2) is 4.98 Å². The Morgan fingerprint density at radius 1 is 1.52 bits per heavy atom. The minimum Gasteiger partial charge on any atom is -0.366 e. The smallest absolute Gasteiger partial charge is 0.224 e. The van der Waals surface area contributed by atoms with Crippen LogP contribution in [-0.2, 0) is 0 Å². The Balaban J connectivity index is 1.80. The molecule has 0 bridgehead atoms. The quantitative estimate of drug-likeness (QED) is 0.851. The average molecular weight is 306 g/mol. The Kier molecular flexibility index (Phi) is 3.76. The fraction of sp³-hybridized carbons (Fsp3) is 0.667. The number of rotatable bonds is 2. The van der Waals surface area contributed by atoms with Gasteiger partial charge in [-0.2, -0.15) is 10.2 Å². The molecule has 1 unspecified atom stereocenters. The van der Waals surface area contributed by atoms with Gasteiger partial charge in [0.15, 0.2) is 0 Å². The Hall–Kier alpha value is -1.38. The highest BCUT2D eigenvalue weighted by atomic mass is 35.5.